The van der Waals surface area contributed by atoms with Crippen molar-refractivity contribution in [3.8, 4) is 0 Å². The number of hydrogen-bond acceptors (Lipinski definition) is 4. The molecule has 4 nitrogen and oxygen atoms in total. The van der Waals surface area contributed by atoms with Crippen molar-refractivity contribution in [2.75, 3.05) is 19.8 Å². The Morgan fingerprint density at radius 3 is 2.09 bits per heavy atom. The number of aliphatic hydroxyl groups excluding tert-OH is 1. The van der Waals surface area contributed by atoms with E-state index >= 15 is 0 Å². The Labute approximate surface area is 143 Å². The molecule has 1 saturated heterocycles. The van der Waals surface area contributed by atoms with Crippen molar-refractivity contribution in [1.82, 2.24) is 0 Å². The molecule has 1 aliphatic heterocycles. The molecule has 0 aromatic carbocycles. The lowest BCUT2D eigenvalue weighted by Gasteiger charge is -2.14. The van der Waals surface area contributed by atoms with E-state index in [1.165, 1.54) is 51.4 Å². The minimum Gasteiger partial charge on any atom is -0.389 e. The summed E-state index contributed by atoms with van der Waals surface area (Å²) in [5.41, 5.74) is 5.74. The molecular formula is C19H39NO3. The maximum absolute atomic E-state index is 9.80. The van der Waals surface area contributed by atoms with Crippen molar-refractivity contribution in [1.29, 1.82) is 0 Å². The summed E-state index contributed by atoms with van der Waals surface area (Å²) in [6, 6.07) is -0.184. The lowest BCUT2D eigenvalue weighted by atomic mass is 10.0. The molecule has 0 aromatic heterocycles. The molecule has 3 N–H and O–H groups in total. The van der Waals surface area contributed by atoms with Crippen molar-refractivity contribution in [3.63, 3.8) is 0 Å². The molecule has 0 aromatic rings. The van der Waals surface area contributed by atoms with Crippen molar-refractivity contribution >= 4 is 0 Å². The van der Waals surface area contributed by atoms with Gasteiger partial charge in [0.2, 0.25) is 0 Å². The van der Waals surface area contributed by atoms with Crippen LogP contribution in [0.4, 0.5) is 0 Å². The quantitative estimate of drug-likeness (QED) is 0.478. The number of hydrogen-bond donors (Lipinski definition) is 2. The van der Waals surface area contributed by atoms with Gasteiger partial charge in [0.1, 0.15) is 0 Å². The standard InChI is InChI=1S/C19H39NO3/c1-16(2)14-22-13-11-9-7-5-3-4-6-8-10-12-18-19(21)17(20)15-23-18/h16-19,21H,3-15,20H2,1-2H3/t17-,18+,19+/m1/s1. The molecule has 0 unspecified atom stereocenters. The van der Waals surface area contributed by atoms with Crippen molar-refractivity contribution < 1.29 is 14.6 Å². The Bertz CT molecular complexity index is 273. The van der Waals surface area contributed by atoms with Crippen LogP contribution in [0.3, 0.4) is 0 Å². The van der Waals surface area contributed by atoms with Crippen molar-refractivity contribution in [2.24, 2.45) is 11.7 Å². The van der Waals surface area contributed by atoms with Crippen LogP contribution in [0, 0.1) is 5.92 Å². The normalized spacial score (nSPS) is 24.7. The first-order valence-corrected chi connectivity index (χ1v) is 9.74. The predicted octanol–water partition coefficient (Wildman–Crippen LogP) is 3.65. The average molecular weight is 330 g/mol. The molecule has 1 rings (SSSR count). The molecule has 1 fully saturated rings. The molecule has 4 heteroatoms. The molecule has 0 spiro atoms. The molecule has 0 amide bonds. The van der Waals surface area contributed by atoms with Gasteiger partial charge in [0.15, 0.2) is 0 Å². The summed E-state index contributed by atoms with van der Waals surface area (Å²) in [5.74, 6) is 0.648. The third kappa shape index (κ3) is 10.3. The minimum absolute atomic E-state index is 0.0251. The van der Waals surface area contributed by atoms with E-state index in [-0.39, 0.29) is 12.1 Å². The van der Waals surface area contributed by atoms with Gasteiger partial charge in [-0.25, -0.2) is 0 Å². The molecule has 0 bridgehead atoms. The third-order valence-electron chi connectivity index (χ3n) is 4.55. The van der Waals surface area contributed by atoms with Gasteiger partial charge in [-0.2, -0.15) is 0 Å². The zero-order valence-electron chi connectivity index (χ0n) is 15.3. The van der Waals surface area contributed by atoms with Crippen LogP contribution in [0.5, 0.6) is 0 Å². The van der Waals surface area contributed by atoms with E-state index in [0.717, 1.165) is 26.1 Å². The predicted molar refractivity (Wildman–Crippen MR) is 95.5 cm³/mol. The van der Waals surface area contributed by atoms with Crippen LogP contribution in [0.25, 0.3) is 0 Å². The smallest absolute Gasteiger partial charge is 0.0974 e. The molecule has 3 atom stereocenters. The maximum Gasteiger partial charge on any atom is 0.0974 e. The summed E-state index contributed by atoms with van der Waals surface area (Å²) in [6.07, 6.45) is 12.0. The van der Waals surface area contributed by atoms with Crippen LogP contribution in [0.2, 0.25) is 0 Å². The molecule has 1 heterocycles. The van der Waals surface area contributed by atoms with Crippen LogP contribution in [-0.2, 0) is 9.47 Å². The lowest BCUT2D eigenvalue weighted by Crippen LogP contribution is -2.36. The molecule has 0 saturated carbocycles. The molecule has 0 aliphatic carbocycles. The SMILES string of the molecule is CC(C)COCCCCCCCCCCC[C@@H]1OC[C@@H](N)[C@@H]1O. The van der Waals surface area contributed by atoms with E-state index < -0.39 is 6.10 Å². The summed E-state index contributed by atoms with van der Waals surface area (Å²) in [4.78, 5) is 0. The fraction of sp³-hybridized carbons (Fsp3) is 1.00. The van der Waals surface area contributed by atoms with Crippen molar-refractivity contribution in [2.45, 2.75) is 96.3 Å². The highest BCUT2D eigenvalue weighted by molar-refractivity contribution is 4.85. The molecule has 138 valence electrons. The molecular weight excluding hydrogens is 290 g/mol. The summed E-state index contributed by atoms with van der Waals surface area (Å²) >= 11 is 0. The number of aliphatic hydroxyl groups is 1. The number of rotatable bonds is 14. The van der Waals surface area contributed by atoms with Gasteiger partial charge < -0.3 is 20.3 Å². The Morgan fingerprint density at radius 1 is 1.00 bits per heavy atom. The summed E-state index contributed by atoms with van der Waals surface area (Å²) in [5, 5.41) is 9.80. The number of nitrogens with two attached hydrogens (primary N) is 1. The zero-order valence-corrected chi connectivity index (χ0v) is 15.3. The number of ether oxygens (including phenoxy) is 2. The van der Waals surface area contributed by atoms with E-state index in [0.29, 0.717) is 12.5 Å². The van der Waals surface area contributed by atoms with E-state index in [1.807, 2.05) is 0 Å². The Balaban J connectivity index is 1.75. The van der Waals surface area contributed by atoms with Gasteiger partial charge in [-0.15, -0.1) is 0 Å². The Hall–Kier alpha value is -0.160. The van der Waals surface area contributed by atoms with Crippen LogP contribution in [0.1, 0.15) is 78.1 Å². The monoisotopic (exact) mass is 329 g/mol. The van der Waals surface area contributed by atoms with Gasteiger partial charge in [0.05, 0.1) is 24.9 Å². The van der Waals surface area contributed by atoms with Crippen LogP contribution < -0.4 is 5.73 Å². The second-order valence-corrected chi connectivity index (χ2v) is 7.47. The zero-order chi connectivity index (χ0) is 16.9. The topological polar surface area (TPSA) is 64.7 Å². The summed E-state index contributed by atoms with van der Waals surface area (Å²) < 4.78 is 11.1. The van der Waals surface area contributed by atoms with Gasteiger partial charge in [0.25, 0.3) is 0 Å². The van der Waals surface area contributed by atoms with Gasteiger partial charge in [0, 0.05) is 13.2 Å². The van der Waals surface area contributed by atoms with E-state index in [2.05, 4.69) is 13.8 Å². The first kappa shape index (κ1) is 20.9. The fourth-order valence-corrected chi connectivity index (χ4v) is 3.07. The maximum atomic E-state index is 9.80. The summed E-state index contributed by atoms with van der Waals surface area (Å²) in [6.45, 7) is 6.72. The highest BCUT2D eigenvalue weighted by Crippen LogP contribution is 2.19. The molecule has 0 radical (unpaired) electrons. The number of unbranched alkanes of at least 4 members (excludes halogenated alkanes) is 8. The Kier molecular flexibility index (Phi) is 12.0. The summed E-state index contributed by atoms with van der Waals surface area (Å²) in [7, 11) is 0. The second kappa shape index (κ2) is 13.2. The average Bonchev–Trinajstić information content (AvgIpc) is 2.83. The van der Waals surface area contributed by atoms with Crippen LogP contribution >= 0.6 is 0 Å². The van der Waals surface area contributed by atoms with E-state index in [4.69, 9.17) is 15.2 Å². The van der Waals surface area contributed by atoms with Gasteiger partial charge in [-0.1, -0.05) is 65.2 Å². The van der Waals surface area contributed by atoms with E-state index in [1.54, 1.807) is 0 Å². The lowest BCUT2D eigenvalue weighted by molar-refractivity contribution is 0.0342. The fourth-order valence-electron chi connectivity index (χ4n) is 3.07. The first-order chi connectivity index (χ1) is 11.1. The molecule has 1 aliphatic rings. The second-order valence-electron chi connectivity index (χ2n) is 7.47. The highest BCUT2D eigenvalue weighted by atomic mass is 16.5. The third-order valence-corrected chi connectivity index (χ3v) is 4.55. The largest absolute Gasteiger partial charge is 0.389 e. The van der Waals surface area contributed by atoms with Crippen LogP contribution in [-0.4, -0.2) is 43.2 Å². The highest BCUT2D eigenvalue weighted by Gasteiger charge is 2.32. The van der Waals surface area contributed by atoms with Gasteiger partial charge in [-0.05, 0) is 18.8 Å². The Morgan fingerprint density at radius 2 is 1.57 bits per heavy atom. The van der Waals surface area contributed by atoms with Crippen LogP contribution in [0.15, 0.2) is 0 Å². The van der Waals surface area contributed by atoms with E-state index in [9.17, 15) is 5.11 Å². The minimum atomic E-state index is -0.459. The molecule has 23 heavy (non-hydrogen) atoms. The van der Waals surface area contributed by atoms with Gasteiger partial charge >= 0.3 is 0 Å². The first-order valence-electron chi connectivity index (χ1n) is 9.74. The van der Waals surface area contributed by atoms with Crippen molar-refractivity contribution in [3.05, 3.63) is 0 Å². The van der Waals surface area contributed by atoms with Gasteiger partial charge in [-0.3, -0.25) is 0 Å².